The highest BCUT2D eigenvalue weighted by Gasteiger charge is 2.27. The van der Waals surface area contributed by atoms with Crippen molar-refractivity contribution in [2.24, 2.45) is 0 Å². The van der Waals surface area contributed by atoms with Gasteiger partial charge in [-0.05, 0) is 31.2 Å². The third kappa shape index (κ3) is 3.28. The number of carbonyl (C=O) groups is 1. The molecule has 0 rings (SSSR count). The Balaban J connectivity index is 4.23. The van der Waals surface area contributed by atoms with Crippen LogP contribution in [0.1, 0.15) is 13.8 Å². The topological polar surface area (TPSA) is 49.3 Å². The number of thioether (sulfide) groups is 1. The van der Waals surface area contributed by atoms with Gasteiger partial charge >= 0.3 is 5.97 Å². The fourth-order valence-electron chi connectivity index (χ4n) is 0.542. The molecule has 3 nitrogen and oxygen atoms in total. The molecule has 1 unspecified atom stereocenters. The van der Waals surface area contributed by atoms with Crippen molar-refractivity contribution >= 4 is 17.7 Å². The first-order chi connectivity index (χ1) is 5.56. The van der Waals surface area contributed by atoms with Gasteiger partial charge in [-0.2, -0.15) is 0 Å². The van der Waals surface area contributed by atoms with Crippen molar-refractivity contribution in [1.29, 1.82) is 0 Å². The van der Waals surface area contributed by atoms with Gasteiger partial charge in [0.1, 0.15) is 5.54 Å². The molecule has 0 aromatic heterocycles. The van der Waals surface area contributed by atoms with Crippen molar-refractivity contribution in [2.75, 3.05) is 12.8 Å². The molecule has 0 aliphatic carbocycles. The number of hydrogen-bond acceptors (Lipinski definition) is 3. The van der Waals surface area contributed by atoms with E-state index in [0.717, 1.165) is 5.75 Å². The molecule has 2 N–H and O–H groups in total. The second kappa shape index (κ2) is 5.22. The highest BCUT2D eigenvalue weighted by atomic mass is 32.2. The van der Waals surface area contributed by atoms with Crippen LogP contribution >= 0.6 is 11.8 Å². The van der Waals surface area contributed by atoms with Crippen LogP contribution in [0.15, 0.2) is 11.5 Å². The van der Waals surface area contributed by atoms with E-state index in [9.17, 15) is 4.79 Å². The second-order valence-electron chi connectivity index (χ2n) is 2.52. The van der Waals surface area contributed by atoms with Crippen LogP contribution in [0.4, 0.5) is 0 Å². The van der Waals surface area contributed by atoms with Crippen molar-refractivity contribution in [3.05, 3.63) is 11.5 Å². The summed E-state index contributed by atoms with van der Waals surface area (Å²) in [6, 6.07) is 0. The molecule has 4 heteroatoms. The van der Waals surface area contributed by atoms with Gasteiger partial charge < -0.3 is 10.4 Å². The molecule has 1 atom stereocenters. The lowest BCUT2D eigenvalue weighted by molar-refractivity contribution is -0.141. The molecular formula is C8H15NO2S. The van der Waals surface area contributed by atoms with E-state index in [2.05, 4.69) is 5.32 Å². The fourth-order valence-corrected chi connectivity index (χ4v) is 1.10. The monoisotopic (exact) mass is 189 g/mol. The van der Waals surface area contributed by atoms with Gasteiger partial charge in [0.05, 0.1) is 0 Å². The van der Waals surface area contributed by atoms with E-state index < -0.39 is 11.5 Å². The molecule has 0 heterocycles. The van der Waals surface area contributed by atoms with Crippen LogP contribution < -0.4 is 5.32 Å². The third-order valence-electron chi connectivity index (χ3n) is 1.63. The summed E-state index contributed by atoms with van der Waals surface area (Å²) < 4.78 is 0. The first-order valence-corrected chi connectivity index (χ1v) is 4.83. The summed E-state index contributed by atoms with van der Waals surface area (Å²) in [5.41, 5.74) is -0.942. The van der Waals surface area contributed by atoms with Crippen LogP contribution in [0.2, 0.25) is 0 Å². The summed E-state index contributed by atoms with van der Waals surface area (Å²) in [6.07, 6.45) is 1.66. The Labute approximate surface area is 77.2 Å². The standard InChI is InChI=1S/C8H15NO2S/c1-4-12-6-5-8(2,9-3)7(10)11/h5-6,9H,4H2,1-3H3,(H,10,11). The van der Waals surface area contributed by atoms with Gasteiger partial charge in [0, 0.05) is 0 Å². The lowest BCUT2D eigenvalue weighted by Crippen LogP contribution is -2.45. The number of hydrogen-bond donors (Lipinski definition) is 2. The summed E-state index contributed by atoms with van der Waals surface area (Å²) in [5.74, 6) is 0.0913. The van der Waals surface area contributed by atoms with E-state index in [-0.39, 0.29) is 0 Å². The lowest BCUT2D eigenvalue weighted by atomic mass is 10.0. The molecule has 0 aromatic rings. The maximum Gasteiger partial charge on any atom is 0.327 e. The van der Waals surface area contributed by atoms with Crippen molar-refractivity contribution in [1.82, 2.24) is 5.32 Å². The van der Waals surface area contributed by atoms with Crippen LogP contribution in [0.25, 0.3) is 0 Å². The maximum atomic E-state index is 10.7. The molecule has 0 aromatic carbocycles. The van der Waals surface area contributed by atoms with Crippen LogP contribution in [-0.2, 0) is 4.79 Å². The predicted octanol–water partition coefficient (Wildman–Crippen LogP) is 1.32. The van der Waals surface area contributed by atoms with Gasteiger partial charge in [0.25, 0.3) is 0 Å². The zero-order chi connectivity index (χ0) is 9.61. The molecule has 0 spiro atoms. The van der Waals surface area contributed by atoms with E-state index in [0.29, 0.717) is 0 Å². The average Bonchev–Trinajstić information content (AvgIpc) is 2.04. The van der Waals surface area contributed by atoms with Crippen LogP contribution in [0.3, 0.4) is 0 Å². The van der Waals surface area contributed by atoms with Gasteiger partial charge in [0.15, 0.2) is 0 Å². The SMILES string of the molecule is CCSC=CC(C)(NC)C(=O)O. The number of carboxylic acid groups (broad SMARTS) is 1. The third-order valence-corrected chi connectivity index (χ3v) is 2.29. The van der Waals surface area contributed by atoms with Gasteiger partial charge in [-0.1, -0.05) is 6.92 Å². The van der Waals surface area contributed by atoms with Gasteiger partial charge in [0.2, 0.25) is 0 Å². The molecule has 0 fully saturated rings. The van der Waals surface area contributed by atoms with Gasteiger partial charge in [-0.15, -0.1) is 11.8 Å². The first-order valence-electron chi connectivity index (χ1n) is 3.78. The van der Waals surface area contributed by atoms with Crippen LogP contribution in [0, 0.1) is 0 Å². The Morgan fingerprint density at radius 2 is 2.33 bits per heavy atom. The Morgan fingerprint density at radius 3 is 2.67 bits per heavy atom. The zero-order valence-corrected chi connectivity index (χ0v) is 8.44. The summed E-state index contributed by atoms with van der Waals surface area (Å²) in [5, 5.41) is 13.4. The minimum absolute atomic E-state index is 0.863. The lowest BCUT2D eigenvalue weighted by Gasteiger charge is -2.19. The predicted molar refractivity (Wildman–Crippen MR) is 52.4 cm³/mol. The Kier molecular flexibility index (Phi) is 5.01. The molecule has 0 amide bonds. The summed E-state index contributed by atoms with van der Waals surface area (Å²) in [6.45, 7) is 3.65. The van der Waals surface area contributed by atoms with Crippen molar-refractivity contribution in [3.63, 3.8) is 0 Å². The van der Waals surface area contributed by atoms with Gasteiger partial charge in [-0.25, -0.2) is 4.79 Å². The quantitative estimate of drug-likeness (QED) is 0.684. The number of carboxylic acids is 1. The summed E-state index contributed by atoms with van der Waals surface area (Å²) >= 11 is 1.58. The Bertz CT molecular complexity index is 182. The van der Waals surface area contributed by atoms with E-state index >= 15 is 0 Å². The van der Waals surface area contributed by atoms with Crippen molar-refractivity contribution in [2.45, 2.75) is 19.4 Å². The van der Waals surface area contributed by atoms with Crippen LogP contribution in [-0.4, -0.2) is 29.4 Å². The molecular weight excluding hydrogens is 174 g/mol. The highest BCUT2D eigenvalue weighted by Crippen LogP contribution is 2.09. The van der Waals surface area contributed by atoms with Crippen molar-refractivity contribution < 1.29 is 9.90 Å². The summed E-state index contributed by atoms with van der Waals surface area (Å²) in [7, 11) is 1.63. The van der Waals surface area contributed by atoms with E-state index in [1.165, 1.54) is 0 Å². The van der Waals surface area contributed by atoms with Gasteiger partial charge in [-0.3, -0.25) is 0 Å². The molecule has 0 saturated carbocycles. The number of aliphatic carboxylic acids is 1. The zero-order valence-electron chi connectivity index (χ0n) is 7.63. The largest absolute Gasteiger partial charge is 0.480 e. The number of likely N-dealkylation sites (N-methyl/N-ethyl adjacent to an activating group) is 1. The highest BCUT2D eigenvalue weighted by molar-refractivity contribution is 8.02. The average molecular weight is 189 g/mol. The van der Waals surface area contributed by atoms with Crippen LogP contribution in [0.5, 0.6) is 0 Å². The molecule has 12 heavy (non-hydrogen) atoms. The molecule has 0 aliphatic rings. The van der Waals surface area contributed by atoms with E-state index in [1.54, 1.807) is 31.8 Å². The molecule has 0 bridgehead atoms. The fraction of sp³-hybridized carbons (Fsp3) is 0.625. The minimum atomic E-state index is -0.942. The van der Waals surface area contributed by atoms with E-state index in [1.807, 2.05) is 12.3 Å². The number of nitrogens with one attached hydrogen (secondary N) is 1. The molecule has 0 saturated heterocycles. The first kappa shape index (κ1) is 11.5. The second-order valence-corrected chi connectivity index (χ2v) is 3.70. The van der Waals surface area contributed by atoms with Crippen molar-refractivity contribution in [3.8, 4) is 0 Å². The Hall–Kier alpha value is -0.480. The maximum absolute atomic E-state index is 10.7. The van der Waals surface area contributed by atoms with E-state index in [4.69, 9.17) is 5.11 Å². The number of rotatable bonds is 5. The summed E-state index contributed by atoms with van der Waals surface area (Å²) in [4.78, 5) is 10.7. The minimum Gasteiger partial charge on any atom is -0.480 e. The molecule has 0 radical (unpaired) electrons. The Morgan fingerprint density at radius 1 is 1.75 bits per heavy atom. The molecule has 70 valence electrons. The smallest absolute Gasteiger partial charge is 0.327 e. The molecule has 0 aliphatic heterocycles. The normalized spacial score (nSPS) is 16.2.